The maximum atomic E-state index is 11.7. The van der Waals surface area contributed by atoms with Gasteiger partial charge in [0.05, 0.1) is 102 Å². The Morgan fingerprint density at radius 1 is 0.480 bits per heavy atom. The Kier molecular flexibility index (Phi) is 21.0. The molecule has 0 radical (unpaired) electrons. The van der Waals surface area contributed by atoms with Gasteiger partial charge in [-0.05, 0) is 331 Å². The molecule has 27 atom stereocenters. The van der Waals surface area contributed by atoms with Gasteiger partial charge in [0, 0.05) is 47.0 Å². The van der Waals surface area contributed by atoms with Crippen molar-refractivity contribution in [2.45, 2.75) is 282 Å². The number of hydrogen-bond acceptors (Lipinski definition) is 14. The molecule has 12 fully saturated rings. The van der Waals surface area contributed by atoms with Gasteiger partial charge >= 0.3 is 0 Å². The Morgan fingerprint density at radius 2 is 0.850 bits per heavy atom. The summed E-state index contributed by atoms with van der Waals surface area (Å²) in [6, 6.07) is 4.39. The second-order valence-electron chi connectivity index (χ2n) is 37.8. The minimum absolute atomic E-state index is 0.0157. The number of Topliss-reactive ketones (excluding diaryl/α,β-unsaturated/α-hetero) is 1. The molecular weight excluding hydrogens is 1250 g/mol. The third-order valence-corrected chi connectivity index (χ3v) is 32.4. The normalized spacial score (nSPS) is 44.0. The van der Waals surface area contributed by atoms with Gasteiger partial charge in [-0.2, -0.15) is 25.8 Å². The van der Waals surface area contributed by atoms with Gasteiger partial charge in [-0.25, -0.2) is 0 Å². The fraction of sp³-hybridized carbons (Fsp3) is 0.855. The highest BCUT2D eigenvalue weighted by atomic mass is 16.5. The molecule has 554 valence electrons. The van der Waals surface area contributed by atoms with E-state index in [4.69, 9.17) is 18.9 Å². The minimum Gasteiger partial charge on any atom is -0.390 e. The van der Waals surface area contributed by atoms with Crippen LogP contribution in [0, 0.1) is 145 Å². The van der Waals surface area contributed by atoms with E-state index < -0.39 is 22.4 Å². The first-order valence-corrected chi connectivity index (χ1v) is 39.9. The summed E-state index contributed by atoms with van der Waals surface area (Å²) in [7, 11) is 7.13. The van der Waals surface area contributed by atoms with E-state index in [9.17, 15) is 35.7 Å². The summed E-state index contributed by atoms with van der Waals surface area (Å²) in [5.41, 5.74) is -0.529. The van der Waals surface area contributed by atoms with E-state index in [0.717, 1.165) is 123 Å². The molecule has 15 rings (SSSR count). The molecule has 100 heavy (non-hydrogen) atoms. The van der Waals surface area contributed by atoms with Crippen molar-refractivity contribution < 1.29 is 44.2 Å². The smallest absolute Gasteiger partial charge is 0.162 e. The van der Waals surface area contributed by atoms with Crippen molar-refractivity contribution in [3.63, 3.8) is 0 Å². The summed E-state index contributed by atoms with van der Waals surface area (Å²) in [4.78, 5) is 11.7. The third kappa shape index (κ3) is 13.8. The summed E-state index contributed by atoms with van der Waals surface area (Å²) in [6.07, 6.45) is 42.2. The van der Waals surface area contributed by atoms with Crippen LogP contribution in [0.25, 0.3) is 0 Å². The number of nitrogens with zero attached hydrogens (tertiary/aromatic N) is 8. The van der Waals surface area contributed by atoms with E-state index in [0.29, 0.717) is 85.0 Å². The first-order chi connectivity index (χ1) is 47.5. The molecular formula is C83H128N8O9. The molecule has 3 aromatic heterocycles. The number of carbonyl (C=O) groups excluding carboxylic acids is 1. The number of nitriles is 2. The third-order valence-electron chi connectivity index (χ3n) is 32.4. The van der Waals surface area contributed by atoms with E-state index in [1.165, 1.54) is 116 Å². The number of aromatic nitrogens is 6. The lowest BCUT2D eigenvalue weighted by Crippen LogP contribution is -2.54. The maximum Gasteiger partial charge on any atom is 0.162 e. The predicted molar refractivity (Wildman–Crippen MR) is 384 cm³/mol. The van der Waals surface area contributed by atoms with Crippen molar-refractivity contribution >= 4 is 5.78 Å². The zero-order valence-corrected chi connectivity index (χ0v) is 63.4. The molecule has 4 N–H and O–H groups in total. The number of hydrogen-bond donors (Lipinski definition) is 4. The van der Waals surface area contributed by atoms with Crippen LogP contribution >= 0.6 is 0 Å². The standard InChI is InChI=1S/2C28H43N3O3.C27H42N2O3/c2*1-26-11-9-22-21-10-12-28(32,18-33-3)13-20(21)5-6-23(22)24(26)7-8-25(26)27(2,34-4)17-31-16-19(14-29)15-30-31;1-17(30)19-14-28-29(15-19)16-27(4,32)24-8-7-23-22-6-5-18-13-25(2,31)11-9-20(18)21(22)10-12-26(23,24)3/h2*15-16,20-25,32H,5-13,17-18H2,1-4H3;14-15,18,20-24,31-32H,5-13,16H2,1-4H3/t20-,21+,22-,23-,24+,25+,26+,27+,28-;20-,21+,22-,23-,24+,25+,26+,27-,28-;18-,20+,21-,22-,23+,24+,25-,26+,27-/m111/s1. The molecule has 0 bridgehead atoms. The molecule has 12 aliphatic rings. The molecule has 0 saturated heterocycles. The van der Waals surface area contributed by atoms with Crippen LogP contribution in [0.2, 0.25) is 0 Å². The van der Waals surface area contributed by atoms with Crippen LogP contribution in [0.3, 0.4) is 0 Å². The topological polar surface area (TPSA) is 236 Å². The van der Waals surface area contributed by atoms with E-state index >= 15 is 0 Å². The highest BCUT2D eigenvalue weighted by molar-refractivity contribution is 5.93. The number of carbonyl (C=O) groups is 1. The number of ether oxygens (including phenoxy) is 4. The number of ketones is 1. The van der Waals surface area contributed by atoms with E-state index in [1.54, 1.807) is 50.6 Å². The van der Waals surface area contributed by atoms with Crippen molar-refractivity contribution in [2.24, 2.45) is 123 Å². The molecule has 17 heteroatoms. The first kappa shape index (κ1) is 74.2. The van der Waals surface area contributed by atoms with Crippen molar-refractivity contribution in [2.75, 3.05) is 41.7 Å². The van der Waals surface area contributed by atoms with Crippen molar-refractivity contribution in [3.8, 4) is 12.1 Å². The lowest BCUT2D eigenvalue weighted by atomic mass is 9.48. The van der Waals surface area contributed by atoms with Gasteiger partial charge in [0.25, 0.3) is 0 Å². The SMILES string of the molecule is CC(=O)c1cnn(C[C@@](C)(O)[C@H]2CC[C@H]3[C@@H]4CC[C@@H]5C[C@](C)(O)CC[C@@H]5[C@H]4CC[C@@]32C)c1.COC[C@@]1(O)CC[C@H]2[C@H](CC[C@@H]3[C@@H]2CC[C@@]2(C)[C@H]3CC[C@@H]2[C@@](C)(Cn2cc(C#N)cn2)OC)C1.COC[C@@]1(O)CC[C@H]2[C@H](CC[C@@H]3[C@@H]2CC[C@@]2(C)[C@H]3CC[C@@H]2[C@](C)(Cn2cc(C#N)cn2)OC)C1. The molecule has 3 aromatic rings. The summed E-state index contributed by atoms with van der Waals surface area (Å²) >= 11 is 0. The van der Waals surface area contributed by atoms with Crippen LogP contribution in [0.5, 0.6) is 0 Å². The molecule has 12 aliphatic carbocycles. The Balaban J connectivity index is 0.000000134. The second-order valence-corrected chi connectivity index (χ2v) is 37.8. The lowest BCUT2D eigenvalue weighted by Gasteiger charge is -2.58. The Bertz CT molecular complexity index is 3270. The van der Waals surface area contributed by atoms with Crippen LogP contribution in [0.4, 0.5) is 0 Å². The Hall–Kier alpha value is -4.04. The van der Waals surface area contributed by atoms with Gasteiger partial charge < -0.3 is 39.4 Å². The van der Waals surface area contributed by atoms with Gasteiger partial charge in [-0.15, -0.1) is 0 Å². The van der Waals surface area contributed by atoms with Crippen molar-refractivity contribution in [1.29, 1.82) is 10.5 Å². The molecule has 12 saturated carbocycles. The van der Waals surface area contributed by atoms with Gasteiger partial charge in [-0.3, -0.25) is 18.8 Å². The summed E-state index contributed by atoms with van der Waals surface area (Å²) < 4.78 is 28.8. The van der Waals surface area contributed by atoms with E-state index in [-0.39, 0.29) is 39.1 Å². The van der Waals surface area contributed by atoms with Crippen molar-refractivity contribution in [3.05, 3.63) is 53.9 Å². The predicted octanol–water partition coefficient (Wildman–Crippen LogP) is 14.5. The highest BCUT2D eigenvalue weighted by Crippen LogP contribution is 2.70. The van der Waals surface area contributed by atoms with E-state index in [1.807, 2.05) is 49.8 Å². The maximum absolute atomic E-state index is 11.7. The molecule has 17 nitrogen and oxygen atoms in total. The number of aliphatic hydroxyl groups is 4. The fourth-order valence-electron chi connectivity index (χ4n) is 28.2. The van der Waals surface area contributed by atoms with Gasteiger partial charge in [0.15, 0.2) is 5.78 Å². The molecule has 0 aromatic carbocycles. The van der Waals surface area contributed by atoms with Gasteiger partial charge in [0.2, 0.25) is 0 Å². The van der Waals surface area contributed by atoms with Gasteiger partial charge in [0.1, 0.15) is 12.1 Å². The molecule has 3 heterocycles. The first-order valence-electron chi connectivity index (χ1n) is 39.9. The Labute approximate surface area is 599 Å². The summed E-state index contributed by atoms with van der Waals surface area (Å²) in [5.74, 6) is 12.7. The Morgan fingerprint density at radius 3 is 1.23 bits per heavy atom. The lowest BCUT2D eigenvalue weighted by molar-refractivity contribution is -0.144. The van der Waals surface area contributed by atoms with Crippen LogP contribution in [0.15, 0.2) is 37.2 Å². The van der Waals surface area contributed by atoms with Crippen LogP contribution < -0.4 is 0 Å². The van der Waals surface area contributed by atoms with Crippen LogP contribution in [0.1, 0.15) is 250 Å². The molecule has 0 amide bonds. The van der Waals surface area contributed by atoms with Gasteiger partial charge in [-0.1, -0.05) is 20.8 Å². The van der Waals surface area contributed by atoms with Crippen LogP contribution in [-0.4, -0.2) is 131 Å². The quantitative estimate of drug-likeness (QED) is 0.0977. The van der Waals surface area contributed by atoms with E-state index in [2.05, 4.69) is 62.1 Å². The zero-order valence-electron chi connectivity index (χ0n) is 63.4. The van der Waals surface area contributed by atoms with Crippen LogP contribution in [-0.2, 0) is 38.6 Å². The molecule has 0 aliphatic heterocycles. The fourth-order valence-corrected chi connectivity index (χ4v) is 28.2. The molecule has 0 spiro atoms. The second kappa shape index (κ2) is 28.4. The minimum atomic E-state index is -0.836. The number of rotatable bonds is 16. The summed E-state index contributed by atoms with van der Waals surface area (Å²) in [6.45, 7) is 20.5. The average molecular weight is 1380 g/mol. The number of methoxy groups -OCH3 is 4. The monoisotopic (exact) mass is 1380 g/mol. The highest BCUT2D eigenvalue weighted by Gasteiger charge is 2.65. The summed E-state index contributed by atoms with van der Waals surface area (Å²) in [5, 5.41) is 76.0. The number of fused-ring (bicyclic) bond motifs is 15. The zero-order chi connectivity index (χ0) is 71.2. The average Bonchev–Trinajstić information content (AvgIpc) is 1.47. The van der Waals surface area contributed by atoms with Crippen molar-refractivity contribution in [1.82, 2.24) is 29.3 Å². The largest absolute Gasteiger partial charge is 0.390 e. The molecule has 0 unspecified atom stereocenters.